The maximum absolute atomic E-state index is 11.7. The second-order valence-corrected chi connectivity index (χ2v) is 4.43. The van der Waals surface area contributed by atoms with Gasteiger partial charge in [-0.2, -0.15) is 0 Å². The smallest absolute Gasteiger partial charge is 0.415 e. The molecule has 1 amide bonds. The SMILES string of the molecule is O=C(O)C1CCOC(=O)N1c1ccccc1Br. The first-order valence-electron chi connectivity index (χ1n) is 5.04. The number of carbonyl (C=O) groups is 2. The Morgan fingerprint density at radius 1 is 1.47 bits per heavy atom. The van der Waals surface area contributed by atoms with Crippen LogP contribution >= 0.6 is 15.9 Å². The summed E-state index contributed by atoms with van der Waals surface area (Å²) in [5.41, 5.74) is 0.504. The number of nitrogens with zero attached hydrogens (tertiary/aromatic N) is 1. The summed E-state index contributed by atoms with van der Waals surface area (Å²) in [6, 6.07) is 6.07. The van der Waals surface area contributed by atoms with E-state index < -0.39 is 18.1 Å². The predicted molar refractivity (Wildman–Crippen MR) is 64.0 cm³/mol. The van der Waals surface area contributed by atoms with E-state index in [9.17, 15) is 9.59 Å². The zero-order chi connectivity index (χ0) is 12.4. The molecule has 0 spiro atoms. The van der Waals surface area contributed by atoms with E-state index in [1.807, 2.05) is 0 Å². The van der Waals surface area contributed by atoms with Gasteiger partial charge in [-0.25, -0.2) is 9.59 Å². The number of carboxylic acids is 1. The molecule has 1 unspecified atom stereocenters. The summed E-state index contributed by atoms with van der Waals surface area (Å²) >= 11 is 3.29. The van der Waals surface area contributed by atoms with Crippen molar-refractivity contribution < 1.29 is 19.4 Å². The second-order valence-electron chi connectivity index (χ2n) is 3.58. The number of amides is 1. The second kappa shape index (κ2) is 4.75. The van der Waals surface area contributed by atoms with Crippen molar-refractivity contribution in [3.63, 3.8) is 0 Å². The molecule has 1 saturated heterocycles. The zero-order valence-electron chi connectivity index (χ0n) is 8.80. The van der Waals surface area contributed by atoms with E-state index in [2.05, 4.69) is 15.9 Å². The van der Waals surface area contributed by atoms with E-state index in [-0.39, 0.29) is 13.0 Å². The van der Waals surface area contributed by atoms with Crippen molar-refractivity contribution in [2.24, 2.45) is 0 Å². The fourth-order valence-electron chi connectivity index (χ4n) is 1.73. The van der Waals surface area contributed by atoms with Crippen LogP contribution in [0.1, 0.15) is 6.42 Å². The fraction of sp³-hybridized carbons (Fsp3) is 0.273. The molecule has 1 N–H and O–H groups in total. The van der Waals surface area contributed by atoms with Gasteiger partial charge in [-0.05, 0) is 28.1 Å². The Hall–Kier alpha value is -1.56. The van der Waals surface area contributed by atoms with E-state index in [0.29, 0.717) is 10.2 Å². The minimum absolute atomic E-state index is 0.136. The first-order valence-corrected chi connectivity index (χ1v) is 5.84. The summed E-state index contributed by atoms with van der Waals surface area (Å²) in [4.78, 5) is 24.0. The van der Waals surface area contributed by atoms with Crippen molar-refractivity contribution >= 4 is 33.7 Å². The highest BCUT2D eigenvalue weighted by atomic mass is 79.9. The maximum Gasteiger partial charge on any atom is 0.415 e. The summed E-state index contributed by atoms with van der Waals surface area (Å²) in [7, 11) is 0. The topological polar surface area (TPSA) is 66.8 Å². The van der Waals surface area contributed by atoms with Crippen LogP contribution in [-0.4, -0.2) is 29.8 Å². The monoisotopic (exact) mass is 299 g/mol. The average Bonchev–Trinajstić information content (AvgIpc) is 2.30. The van der Waals surface area contributed by atoms with E-state index in [0.717, 1.165) is 4.90 Å². The molecule has 17 heavy (non-hydrogen) atoms. The molecule has 1 heterocycles. The van der Waals surface area contributed by atoms with Crippen LogP contribution in [0.2, 0.25) is 0 Å². The lowest BCUT2D eigenvalue weighted by atomic mass is 10.1. The molecule has 1 aliphatic heterocycles. The van der Waals surface area contributed by atoms with Gasteiger partial charge >= 0.3 is 12.1 Å². The Bertz CT molecular complexity index is 463. The Kier molecular flexibility index (Phi) is 3.33. The van der Waals surface area contributed by atoms with Crippen molar-refractivity contribution in [3.8, 4) is 0 Å². The quantitative estimate of drug-likeness (QED) is 0.909. The molecule has 1 fully saturated rings. The van der Waals surface area contributed by atoms with Crippen LogP contribution in [0.25, 0.3) is 0 Å². The lowest BCUT2D eigenvalue weighted by Gasteiger charge is -2.32. The third-order valence-electron chi connectivity index (χ3n) is 2.52. The van der Waals surface area contributed by atoms with Gasteiger partial charge in [0.2, 0.25) is 0 Å². The minimum atomic E-state index is -1.03. The number of cyclic esters (lactones) is 1. The highest BCUT2D eigenvalue weighted by Gasteiger charge is 2.36. The number of hydrogen-bond donors (Lipinski definition) is 1. The first-order chi connectivity index (χ1) is 8.11. The standard InChI is InChI=1S/C11H10BrNO4/c12-7-3-1-2-4-8(7)13-9(10(14)15)5-6-17-11(13)16/h1-4,9H,5-6H2,(H,14,15). The van der Waals surface area contributed by atoms with E-state index in [1.165, 1.54) is 0 Å². The summed E-state index contributed by atoms with van der Waals surface area (Å²) in [5, 5.41) is 9.11. The van der Waals surface area contributed by atoms with E-state index in [1.54, 1.807) is 24.3 Å². The molecule has 1 aromatic carbocycles. The lowest BCUT2D eigenvalue weighted by molar-refractivity contribution is -0.139. The largest absolute Gasteiger partial charge is 0.480 e. The summed E-state index contributed by atoms with van der Waals surface area (Å²) in [6.45, 7) is 0.136. The van der Waals surface area contributed by atoms with E-state index >= 15 is 0 Å². The fourth-order valence-corrected chi connectivity index (χ4v) is 2.21. The van der Waals surface area contributed by atoms with Gasteiger partial charge in [0.05, 0.1) is 12.3 Å². The molecule has 0 aromatic heterocycles. The Labute approximate surface area is 106 Å². The van der Waals surface area contributed by atoms with Gasteiger partial charge in [0, 0.05) is 10.9 Å². The molecule has 5 nitrogen and oxygen atoms in total. The molecule has 0 saturated carbocycles. The summed E-state index contributed by atoms with van der Waals surface area (Å²) in [5.74, 6) is -1.03. The van der Waals surface area contributed by atoms with Crippen LogP contribution in [0.3, 0.4) is 0 Å². The number of halogens is 1. The van der Waals surface area contributed by atoms with Crippen molar-refractivity contribution in [2.75, 3.05) is 11.5 Å². The van der Waals surface area contributed by atoms with Crippen molar-refractivity contribution in [3.05, 3.63) is 28.7 Å². The lowest BCUT2D eigenvalue weighted by Crippen LogP contribution is -2.50. The van der Waals surface area contributed by atoms with Crippen LogP contribution in [0.4, 0.5) is 10.5 Å². The molecule has 0 bridgehead atoms. The molecule has 1 aromatic rings. The molecule has 1 aliphatic rings. The van der Waals surface area contributed by atoms with Gasteiger partial charge in [-0.1, -0.05) is 12.1 Å². The third kappa shape index (κ3) is 2.26. The number of anilines is 1. The molecule has 90 valence electrons. The molecular formula is C11H10BrNO4. The molecule has 6 heteroatoms. The molecule has 2 rings (SSSR count). The number of carboxylic acid groups (broad SMARTS) is 1. The maximum atomic E-state index is 11.7. The number of hydrogen-bond acceptors (Lipinski definition) is 3. The molecule has 0 radical (unpaired) electrons. The van der Waals surface area contributed by atoms with E-state index in [4.69, 9.17) is 9.84 Å². The number of aliphatic carboxylic acids is 1. The number of rotatable bonds is 2. The van der Waals surface area contributed by atoms with Crippen LogP contribution in [-0.2, 0) is 9.53 Å². The molecule has 0 aliphatic carbocycles. The number of carbonyl (C=O) groups excluding carboxylic acids is 1. The average molecular weight is 300 g/mol. The Morgan fingerprint density at radius 3 is 2.82 bits per heavy atom. The van der Waals surface area contributed by atoms with Gasteiger partial charge in [-0.15, -0.1) is 0 Å². The molecular weight excluding hydrogens is 290 g/mol. The third-order valence-corrected chi connectivity index (χ3v) is 3.19. The number of ether oxygens (including phenoxy) is 1. The van der Waals surface area contributed by atoms with Crippen LogP contribution in [0, 0.1) is 0 Å². The highest BCUT2D eigenvalue weighted by Crippen LogP contribution is 2.30. The van der Waals surface area contributed by atoms with Crippen LogP contribution in [0.5, 0.6) is 0 Å². The minimum Gasteiger partial charge on any atom is -0.480 e. The highest BCUT2D eigenvalue weighted by molar-refractivity contribution is 9.10. The first kappa shape index (κ1) is 11.9. The number of para-hydroxylation sites is 1. The van der Waals surface area contributed by atoms with Crippen molar-refractivity contribution in [1.29, 1.82) is 0 Å². The van der Waals surface area contributed by atoms with Gasteiger partial charge in [0.25, 0.3) is 0 Å². The van der Waals surface area contributed by atoms with Crippen molar-refractivity contribution in [1.82, 2.24) is 0 Å². The number of benzene rings is 1. The summed E-state index contributed by atoms with van der Waals surface area (Å²) < 4.78 is 5.54. The van der Waals surface area contributed by atoms with Crippen LogP contribution in [0.15, 0.2) is 28.7 Å². The van der Waals surface area contributed by atoms with Gasteiger partial charge in [0.15, 0.2) is 0 Å². The van der Waals surface area contributed by atoms with Gasteiger partial charge < -0.3 is 9.84 Å². The predicted octanol–water partition coefficient (Wildman–Crippen LogP) is 2.25. The van der Waals surface area contributed by atoms with Crippen LogP contribution < -0.4 is 4.90 Å². The Balaban J connectivity index is 2.42. The normalized spacial score (nSPS) is 19.9. The summed E-state index contributed by atoms with van der Waals surface area (Å²) in [6.07, 6.45) is -0.349. The molecule has 1 atom stereocenters. The van der Waals surface area contributed by atoms with Gasteiger partial charge in [-0.3, -0.25) is 4.90 Å². The van der Waals surface area contributed by atoms with Crippen molar-refractivity contribution in [2.45, 2.75) is 12.5 Å². The zero-order valence-corrected chi connectivity index (χ0v) is 10.4. The Morgan fingerprint density at radius 2 is 2.18 bits per heavy atom. The van der Waals surface area contributed by atoms with Gasteiger partial charge in [0.1, 0.15) is 6.04 Å².